The molecule has 0 saturated heterocycles. The Morgan fingerprint density at radius 3 is 2.46 bits per heavy atom. The number of ketones is 1. The lowest BCUT2D eigenvalue weighted by Crippen LogP contribution is -2.36. The van der Waals surface area contributed by atoms with Crippen molar-refractivity contribution in [1.29, 1.82) is 0 Å². The van der Waals surface area contributed by atoms with Gasteiger partial charge >= 0.3 is 5.97 Å². The van der Waals surface area contributed by atoms with Gasteiger partial charge in [-0.05, 0) is 76.3 Å². The predicted molar refractivity (Wildman–Crippen MR) is 150 cm³/mol. The summed E-state index contributed by atoms with van der Waals surface area (Å²) in [5, 5.41) is 3.41. The van der Waals surface area contributed by atoms with Gasteiger partial charge in [-0.25, -0.2) is 4.79 Å². The lowest BCUT2D eigenvalue weighted by Gasteiger charge is -2.36. The summed E-state index contributed by atoms with van der Waals surface area (Å²) in [5.74, 6) is 2.32. The first-order valence-electron chi connectivity index (χ1n) is 12.3. The highest BCUT2D eigenvalue weighted by atomic mass is 79.9. The van der Waals surface area contributed by atoms with E-state index in [4.69, 9.17) is 14.2 Å². The van der Waals surface area contributed by atoms with Crippen molar-refractivity contribution in [2.45, 2.75) is 38.5 Å². The molecule has 2 aromatic carbocycles. The van der Waals surface area contributed by atoms with Crippen molar-refractivity contribution in [2.24, 2.45) is 0 Å². The van der Waals surface area contributed by atoms with Gasteiger partial charge in [0.25, 0.3) is 0 Å². The number of rotatable bonds is 9. The number of carbonyl (C=O) groups excluding carboxylic acids is 2. The summed E-state index contributed by atoms with van der Waals surface area (Å²) in [6.45, 7) is 4.28. The molecule has 0 saturated carbocycles. The second-order valence-electron chi connectivity index (χ2n) is 9.02. The molecule has 1 heterocycles. The second-order valence-corrected chi connectivity index (χ2v) is 11.3. The van der Waals surface area contributed by atoms with E-state index in [1.165, 1.54) is 0 Å². The third-order valence-electron chi connectivity index (χ3n) is 6.81. The molecule has 0 radical (unpaired) electrons. The highest BCUT2D eigenvalue weighted by Crippen LogP contribution is 2.46. The minimum atomic E-state index is -0.519. The number of thioether (sulfide) groups is 1. The van der Waals surface area contributed by atoms with Crippen molar-refractivity contribution in [1.82, 2.24) is 5.32 Å². The van der Waals surface area contributed by atoms with E-state index in [0.717, 1.165) is 38.6 Å². The number of allylic oxidation sites excluding steroid dienone is 3. The van der Waals surface area contributed by atoms with Crippen molar-refractivity contribution >= 4 is 39.4 Å². The molecule has 1 aliphatic heterocycles. The molecule has 0 amide bonds. The van der Waals surface area contributed by atoms with Crippen LogP contribution < -0.4 is 14.8 Å². The van der Waals surface area contributed by atoms with Crippen LogP contribution in [0.15, 0.2) is 69.5 Å². The number of carbonyl (C=O) groups is 2. The predicted octanol–water partition coefficient (Wildman–Crippen LogP) is 6.12. The number of benzene rings is 2. The number of Topliss-reactive ketones (excluding diaryl/α,β-unsaturated/α-hetero) is 1. The van der Waals surface area contributed by atoms with E-state index in [1.54, 1.807) is 26.0 Å². The Hall–Kier alpha value is -2.71. The van der Waals surface area contributed by atoms with Crippen molar-refractivity contribution < 1.29 is 23.8 Å². The van der Waals surface area contributed by atoms with Crippen LogP contribution in [0, 0.1) is 0 Å². The third-order valence-corrected chi connectivity index (χ3v) is 8.29. The average molecular weight is 587 g/mol. The smallest absolute Gasteiger partial charge is 0.336 e. The Morgan fingerprint density at radius 2 is 1.81 bits per heavy atom. The normalized spacial score (nSPS) is 19.3. The van der Waals surface area contributed by atoms with Gasteiger partial charge in [0.1, 0.15) is 18.1 Å². The minimum Gasteiger partial charge on any atom is -0.497 e. The van der Waals surface area contributed by atoms with Gasteiger partial charge in [-0.3, -0.25) is 4.79 Å². The fraction of sp³-hybridized carbons (Fsp3) is 0.379. The largest absolute Gasteiger partial charge is 0.497 e. The lowest BCUT2D eigenvalue weighted by atomic mass is 9.71. The summed E-state index contributed by atoms with van der Waals surface area (Å²) < 4.78 is 17.1. The summed E-state index contributed by atoms with van der Waals surface area (Å²) in [6, 6.07) is 13.6. The summed E-state index contributed by atoms with van der Waals surface area (Å²) in [5.41, 5.74) is 4.63. The highest BCUT2D eigenvalue weighted by Gasteiger charge is 2.41. The summed E-state index contributed by atoms with van der Waals surface area (Å²) in [6.07, 6.45) is 1.04. The number of hydrogen-bond donors (Lipinski definition) is 1. The molecule has 37 heavy (non-hydrogen) atoms. The zero-order valence-corrected chi connectivity index (χ0v) is 24.0. The van der Waals surface area contributed by atoms with Crippen LogP contribution in [0.1, 0.15) is 49.7 Å². The first kappa shape index (κ1) is 27.3. The van der Waals surface area contributed by atoms with Crippen molar-refractivity contribution in [3.05, 3.63) is 80.6 Å². The topological polar surface area (TPSA) is 73.9 Å². The van der Waals surface area contributed by atoms with Crippen LogP contribution in [0.2, 0.25) is 0 Å². The molecule has 1 aliphatic carbocycles. The SMILES string of the molecule is CCSCCOC(=O)C1=C(C)NC2=C(C(=O)C[C@H](c3ccc(OC)cc3)C2)[C@@H]1c1ccc(OC)c(Br)c1. The van der Waals surface area contributed by atoms with E-state index in [9.17, 15) is 9.59 Å². The van der Waals surface area contributed by atoms with Gasteiger partial charge in [-0.15, -0.1) is 0 Å². The second kappa shape index (κ2) is 12.2. The number of ether oxygens (including phenoxy) is 3. The molecule has 2 atom stereocenters. The van der Waals surface area contributed by atoms with Crippen LogP contribution in [-0.2, 0) is 14.3 Å². The molecule has 4 rings (SSSR count). The Labute approximate surface area is 231 Å². The standard InChI is InChI=1S/C29H32BrNO5S/c1-5-37-13-12-36-29(33)26-17(2)31-23-15-20(18-6-9-21(34-3)10-7-18)16-24(32)28(23)27(26)19-8-11-25(35-4)22(30)14-19/h6-11,14,20,27,31H,5,12-13,15-16H2,1-4H3/t20-,27-/m1/s1. The zero-order chi connectivity index (χ0) is 26.5. The molecule has 0 fully saturated rings. The Bertz CT molecular complexity index is 1240. The maximum Gasteiger partial charge on any atom is 0.336 e. The van der Waals surface area contributed by atoms with Crippen molar-refractivity contribution in [3.63, 3.8) is 0 Å². The van der Waals surface area contributed by atoms with E-state index in [2.05, 4.69) is 28.2 Å². The van der Waals surface area contributed by atoms with Crippen molar-refractivity contribution in [3.8, 4) is 11.5 Å². The van der Waals surface area contributed by atoms with Gasteiger partial charge in [-0.2, -0.15) is 11.8 Å². The average Bonchev–Trinajstić information content (AvgIpc) is 2.90. The van der Waals surface area contributed by atoms with Crippen LogP contribution in [0.25, 0.3) is 0 Å². The number of hydrogen-bond acceptors (Lipinski definition) is 7. The molecule has 0 bridgehead atoms. The summed E-state index contributed by atoms with van der Waals surface area (Å²) >= 11 is 5.29. The number of nitrogens with one attached hydrogen (secondary N) is 1. The molecule has 2 aromatic rings. The van der Waals surface area contributed by atoms with Gasteiger partial charge < -0.3 is 19.5 Å². The maximum atomic E-state index is 13.8. The number of halogens is 1. The van der Waals surface area contributed by atoms with Gasteiger partial charge in [0, 0.05) is 35.1 Å². The molecule has 6 nitrogen and oxygen atoms in total. The summed E-state index contributed by atoms with van der Waals surface area (Å²) in [7, 11) is 3.25. The Kier molecular flexibility index (Phi) is 9.03. The maximum absolute atomic E-state index is 13.8. The third kappa shape index (κ3) is 5.91. The Balaban J connectivity index is 1.72. The first-order valence-corrected chi connectivity index (χ1v) is 14.3. The summed E-state index contributed by atoms with van der Waals surface area (Å²) in [4.78, 5) is 27.1. The Morgan fingerprint density at radius 1 is 1.08 bits per heavy atom. The number of esters is 1. The van der Waals surface area contributed by atoms with Crippen LogP contribution in [-0.4, -0.2) is 44.1 Å². The molecule has 1 N–H and O–H groups in total. The molecule has 2 aliphatic rings. The lowest BCUT2D eigenvalue weighted by molar-refractivity contribution is -0.138. The van der Waals surface area contributed by atoms with E-state index >= 15 is 0 Å². The van der Waals surface area contributed by atoms with E-state index in [-0.39, 0.29) is 11.7 Å². The van der Waals surface area contributed by atoms with E-state index < -0.39 is 11.9 Å². The fourth-order valence-electron chi connectivity index (χ4n) is 5.03. The monoisotopic (exact) mass is 585 g/mol. The quantitative estimate of drug-likeness (QED) is 0.280. The fourth-order valence-corrected chi connectivity index (χ4v) is 6.08. The molecule has 0 unspecified atom stereocenters. The number of methoxy groups -OCH3 is 2. The van der Waals surface area contributed by atoms with E-state index in [1.807, 2.05) is 49.4 Å². The van der Waals surface area contributed by atoms with Crippen LogP contribution in [0.3, 0.4) is 0 Å². The molecule has 8 heteroatoms. The van der Waals surface area contributed by atoms with Gasteiger partial charge in [0.15, 0.2) is 5.78 Å². The van der Waals surface area contributed by atoms with Gasteiger partial charge in [0.05, 0.1) is 24.3 Å². The molecular weight excluding hydrogens is 554 g/mol. The van der Waals surface area contributed by atoms with Gasteiger partial charge in [0.2, 0.25) is 0 Å². The molecular formula is C29H32BrNO5S. The van der Waals surface area contributed by atoms with Crippen LogP contribution in [0.5, 0.6) is 11.5 Å². The van der Waals surface area contributed by atoms with Crippen LogP contribution in [0.4, 0.5) is 0 Å². The first-order chi connectivity index (χ1) is 17.9. The molecule has 196 valence electrons. The minimum absolute atomic E-state index is 0.0332. The van der Waals surface area contributed by atoms with Gasteiger partial charge in [-0.1, -0.05) is 25.1 Å². The zero-order valence-electron chi connectivity index (χ0n) is 21.6. The van der Waals surface area contributed by atoms with Crippen LogP contribution >= 0.6 is 27.7 Å². The molecule has 0 spiro atoms. The van der Waals surface area contributed by atoms with Crippen molar-refractivity contribution in [2.75, 3.05) is 32.3 Å². The van der Waals surface area contributed by atoms with E-state index in [0.29, 0.717) is 42.0 Å². The number of dihydropyridines is 1. The molecule has 0 aromatic heterocycles. The highest BCUT2D eigenvalue weighted by molar-refractivity contribution is 9.10.